The summed E-state index contributed by atoms with van der Waals surface area (Å²) in [6, 6.07) is 16.0. The molecule has 0 amide bonds. The van der Waals surface area contributed by atoms with Crippen molar-refractivity contribution in [2.24, 2.45) is 5.92 Å². The molecule has 0 atom stereocenters. The van der Waals surface area contributed by atoms with E-state index in [1.165, 1.54) is 24.7 Å². The van der Waals surface area contributed by atoms with Gasteiger partial charge >= 0.3 is 0 Å². The van der Waals surface area contributed by atoms with E-state index in [1.54, 1.807) is 30.0 Å². The fourth-order valence-corrected chi connectivity index (χ4v) is 6.15. The molecule has 2 aliphatic rings. The number of ether oxygens (including phenoxy) is 1. The van der Waals surface area contributed by atoms with E-state index in [4.69, 9.17) is 14.7 Å². The molecule has 7 rings (SSSR count). The summed E-state index contributed by atoms with van der Waals surface area (Å²) in [5.41, 5.74) is 6.48. The highest BCUT2D eigenvalue weighted by Crippen LogP contribution is 2.44. The Labute approximate surface area is 250 Å². The van der Waals surface area contributed by atoms with Crippen molar-refractivity contribution in [3.05, 3.63) is 94.4 Å². The zero-order chi connectivity index (χ0) is 29.3. The number of likely N-dealkylation sites (tertiary alicyclic amines) is 1. The second kappa shape index (κ2) is 11.6. The Morgan fingerprint density at radius 1 is 0.930 bits per heavy atom. The first-order valence-electron chi connectivity index (χ1n) is 15.0. The molecule has 4 aromatic heterocycles. The van der Waals surface area contributed by atoms with Gasteiger partial charge in [-0.15, -0.1) is 0 Å². The zero-order valence-electron chi connectivity index (χ0n) is 24.6. The summed E-state index contributed by atoms with van der Waals surface area (Å²) >= 11 is 0. The Kier molecular flexibility index (Phi) is 7.40. The normalized spacial score (nSPS) is 16.0. The Bertz CT molecular complexity index is 1820. The topological polar surface area (TPSA) is 98.9 Å². The smallest absolute Gasteiger partial charge is 0.252 e. The second-order valence-electron chi connectivity index (χ2n) is 11.8. The van der Waals surface area contributed by atoms with Crippen molar-refractivity contribution < 1.29 is 4.74 Å². The minimum Gasteiger partial charge on any atom is -0.480 e. The van der Waals surface area contributed by atoms with Gasteiger partial charge in [0.25, 0.3) is 5.56 Å². The van der Waals surface area contributed by atoms with Crippen LogP contribution in [0.25, 0.3) is 33.7 Å². The van der Waals surface area contributed by atoms with Crippen molar-refractivity contribution in [2.75, 3.05) is 27.2 Å². The van der Waals surface area contributed by atoms with Gasteiger partial charge in [0.1, 0.15) is 17.5 Å². The first kappa shape index (κ1) is 27.3. The Morgan fingerprint density at radius 2 is 1.74 bits per heavy atom. The lowest BCUT2D eigenvalue weighted by Crippen LogP contribution is -2.31. The highest BCUT2D eigenvalue weighted by Gasteiger charge is 2.31. The van der Waals surface area contributed by atoms with Crippen molar-refractivity contribution >= 4 is 11.0 Å². The summed E-state index contributed by atoms with van der Waals surface area (Å²) in [5, 5.41) is 0.788. The van der Waals surface area contributed by atoms with Crippen LogP contribution >= 0.6 is 0 Å². The van der Waals surface area contributed by atoms with E-state index in [0.29, 0.717) is 41.3 Å². The summed E-state index contributed by atoms with van der Waals surface area (Å²) < 4.78 is 7.28. The maximum atomic E-state index is 13.2. The molecule has 1 saturated carbocycles. The number of rotatable bonds is 8. The van der Waals surface area contributed by atoms with E-state index in [-0.39, 0.29) is 5.56 Å². The highest BCUT2D eigenvalue weighted by atomic mass is 16.5. The molecule has 1 aliphatic heterocycles. The number of methoxy groups -OCH3 is 1. The molecule has 0 spiro atoms. The predicted molar refractivity (Wildman–Crippen MR) is 166 cm³/mol. The lowest BCUT2D eigenvalue weighted by atomic mass is 9.88. The van der Waals surface area contributed by atoms with E-state index >= 15 is 0 Å². The van der Waals surface area contributed by atoms with Crippen LogP contribution in [0.2, 0.25) is 0 Å². The highest BCUT2D eigenvalue weighted by molar-refractivity contribution is 5.78. The molecule has 0 unspecified atom stereocenters. The zero-order valence-corrected chi connectivity index (χ0v) is 24.6. The number of aromatic nitrogens is 6. The van der Waals surface area contributed by atoms with Crippen LogP contribution < -0.4 is 10.3 Å². The third-order valence-electron chi connectivity index (χ3n) is 8.75. The predicted octanol–water partition coefficient (Wildman–Crippen LogP) is 5.13. The number of hydrogen-bond acceptors (Lipinski definition) is 8. The molecule has 0 N–H and O–H groups in total. The number of hydrogen-bond donors (Lipinski definition) is 0. The fraction of sp³-hybridized carbons (Fsp3) is 0.353. The molecule has 0 bridgehead atoms. The second-order valence-corrected chi connectivity index (χ2v) is 11.8. The first-order chi connectivity index (χ1) is 21.1. The van der Waals surface area contributed by atoms with E-state index in [1.807, 2.05) is 12.3 Å². The summed E-state index contributed by atoms with van der Waals surface area (Å²) in [4.78, 5) is 38.8. The molecular formula is C34H35N7O2. The minimum atomic E-state index is -0.120. The molecule has 1 saturated heterocycles. The van der Waals surface area contributed by atoms with Crippen LogP contribution in [0.5, 0.6) is 5.88 Å². The van der Waals surface area contributed by atoms with Gasteiger partial charge in [-0.1, -0.05) is 30.3 Å². The molecule has 0 radical (unpaired) electrons. The number of piperidine rings is 1. The standard InChI is InChI=1S/C34H35N7O2/c1-40-16-13-22(14-17-40)18-26-4-3-15-35-30(26)24-7-5-23(6-8-24)20-41-28(42)12-11-27-19-36-32(39-33(27)41)29-31(25-9-10-25)37-21-38-34(29)43-2/h3-8,11-12,15,19,21-22,25H,9-10,13-14,16-18,20H2,1-2H3. The molecule has 1 aromatic carbocycles. The van der Waals surface area contributed by atoms with E-state index in [2.05, 4.69) is 57.2 Å². The molecule has 43 heavy (non-hydrogen) atoms. The lowest BCUT2D eigenvalue weighted by molar-refractivity contribution is 0.219. The fourth-order valence-electron chi connectivity index (χ4n) is 6.15. The van der Waals surface area contributed by atoms with Crippen LogP contribution in [0.3, 0.4) is 0 Å². The quantitative estimate of drug-likeness (QED) is 0.252. The third-order valence-corrected chi connectivity index (χ3v) is 8.75. The van der Waals surface area contributed by atoms with Gasteiger partial charge in [0.15, 0.2) is 5.82 Å². The Balaban J connectivity index is 1.19. The Morgan fingerprint density at radius 3 is 2.51 bits per heavy atom. The van der Waals surface area contributed by atoms with Gasteiger partial charge in [-0.3, -0.25) is 14.3 Å². The van der Waals surface area contributed by atoms with Crippen molar-refractivity contribution in [1.29, 1.82) is 0 Å². The van der Waals surface area contributed by atoms with Gasteiger partial charge in [0.05, 0.1) is 25.0 Å². The minimum absolute atomic E-state index is 0.120. The van der Waals surface area contributed by atoms with Crippen molar-refractivity contribution in [2.45, 2.75) is 44.6 Å². The molecule has 218 valence electrons. The summed E-state index contributed by atoms with van der Waals surface area (Å²) in [5.74, 6) is 1.95. The van der Waals surface area contributed by atoms with Crippen LogP contribution in [0.15, 0.2) is 72.0 Å². The van der Waals surface area contributed by atoms with Crippen LogP contribution in [0.1, 0.15) is 48.4 Å². The lowest BCUT2D eigenvalue weighted by Gasteiger charge is -2.29. The largest absolute Gasteiger partial charge is 0.480 e. The molecule has 1 aliphatic carbocycles. The van der Waals surface area contributed by atoms with Gasteiger partial charge in [-0.05, 0) is 81.4 Å². The Hall–Kier alpha value is -4.50. The van der Waals surface area contributed by atoms with Gasteiger partial charge in [0, 0.05) is 35.3 Å². The molecule has 5 heterocycles. The van der Waals surface area contributed by atoms with E-state index in [9.17, 15) is 4.79 Å². The average molecular weight is 574 g/mol. The SMILES string of the molecule is COc1ncnc(C2CC2)c1-c1ncc2ccc(=O)n(Cc3ccc(-c4ncccc4CC4CCN(C)CC4)cc3)c2n1. The van der Waals surface area contributed by atoms with Crippen molar-refractivity contribution in [3.63, 3.8) is 0 Å². The first-order valence-corrected chi connectivity index (χ1v) is 15.0. The number of pyridine rings is 2. The number of benzene rings is 1. The summed E-state index contributed by atoms with van der Waals surface area (Å²) in [7, 11) is 3.79. The van der Waals surface area contributed by atoms with E-state index in [0.717, 1.165) is 60.3 Å². The molecule has 9 nitrogen and oxygen atoms in total. The maximum Gasteiger partial charge on any atom is 0.252 e. The summed E-state index contributed by atoms with van der Waals surface area (Å²) in [6.45, 7) is 2.70. The third kappa shape index (κ3) is 5.64. The molecule has 9 heteroatoms. The molecular weight excluding hydrogens is 538 g/mol. The monoisotopic (exact) mass is 573 g/mol. The van der Waals surface area contributed by atoms with Gasteiger partial charge in [-0.25, -0.2) is 19.9 Å². The van der Waals surface area contributed by atoms with Crippen LogP contribution in [0, 0.1) is 5.92 Å². The van der Waals surface area contributed by atoms with Gasteiger partial charge < -0.3 is 9.64 Å². The molecule has 5 aromatic rings. The average Bonchev–Trinajstić information content (AvgIpc) is 3.89. The van der Waals surface area contributed by atoms with Gasteiger partial charge in [-0.2, -0.15) is 0 Å². The van der Waals surface area contributed by atoms with Crippen molar-refractivity contribution in [1.82, 2.24) is 34.4 Å². The van der Waals surface area contributed by atoms with Gasteiger partial charge in [0.2, 0.25) is 5.88 Å². The van der Waals surface area contributed by atoms with E-state index < -0.39 is 0 Å². The van der Waals surface area contributed by atoms with Crippen LogP contribution in [0.4, 0.5) is 0 Å². The molecule has 2 fully saturated rings. The van der Waals surface area contributed by atoms with Crippen molar-refractivity contribution in [3.8, 4) is 28.5 Å². The number of nitrogens with zero attached hydrogens (tertiary/aromatic N) is 7. The van der Waals surface area contributed by atoms with Crippen LogP contribution in [-0.2, 0) is 13.0 Å². The maximum absolute atomic E-state index is 13.2. The number of fused-ring (bicyclic) bond motifs is 1. The van der Waals surface area contributed by atoms with Crippen LogP contribution in [-0.4, -0.2) is 61.6 Å². The summed E-state index contributed by atoms with van der Waals surface area (Å²) in [6.07, 6.45) is 10.8.